The molecular weight excluding hydrogens is 252 g/mol. The van der Waals surface area contributed by atoms with E-state index in [1.807, 2.05) is 23.9 Å². The quantitative estimate of drug-likeness (QED) is 0.830. The molecule has 1 atom stereocenters. The van der Waals surface area contributed by atoms with Crippen LogP contribution in [0.15, 0.2) is 42.5 Å². The molecule has 98 valence electrons. The van der Waals surface area contributed by atoms with Crippen LogP contribution in [0.25, 0.3) is 10.8 Å². The monoisotopic (exact) mass is 270 g/mol. The smallest absolute Gasteiger partial charge is 0.150 e. The standard InChI is InChI=1S/C17H18OS/c18-16(17-10-3-4-11-19-17)12-14-8-5-7-13-6-1-2-9-15(13)14/h1-2,5-9,17H,3-4,10-12H2. The summed E-state index contributed by atoms with van der Waals surface area (Å²) in [6.07, 6.45) is 4.12. The molecule has 0 N–H and O–H groups in total. The minimum absolute atomic E-state index is 0.229. The Morgan fingerprint density at radius 3 is 2.79 bits per heavy atom. The molecule has 1 heterocycles. The highest BCUT2D eigenvalue weighted by atomic mass is 32.2. The van der Waals surface area contributed by atoms with E-state index in [-0.39, 0.29) is 5.25 Å². The van der Waals surface area contributed by atoms with Crippen molar-refractivity contribution in [3.63, 3.8) is 0 Å². The molecule has 0 bridgehead atoms. The molecular formula is C17H18OS. The molecule has 0 saturated carbocycles. The van der Waals surface area contributed by atoms with E-state index >= 15 is 0 Å². The molecule has 0 spiro atoms. The third-order valence-electron chi connectivity index (χ3n) is 3.78. The van der Waals surface area contributed by atoms with Crippen LogP contribution in [0.1, 0.15) is 24.8 Å². The molecule has 1 saturated heterocycles. The van der Waals surface area contributed by atoms with Gasteiger partial charge in [0, 0.05) is 6.42 Å². The van der Waals surface area contributed by atoms with Crippen LogP contribution in [0.4, 0.5) is 0 Å². The van der Waals surface area contributed by atoms with Crippen LogP contribution in [0.3, 0.4) is 0 Å². The summed E-state index contributed by atoms with van der Waals surface area (Å²) in [5.74, 6) is 1.55. The summed E-state index contributed by atoms with van der Waals surface area (Å²) >= 11 is 1.85. The SMILES string of the molecule is O=C(Cc1cccc2ccccc12)C1CCCCS1. The zero-order valence-corrected chi connectivity index (χ0v) is 11.8. The second-order valence-corrected chi connectivity index (χ2v) is 6.45. The normalized spacial score (nSPS) is 19.5. The van der Waals surface area contributed by atoms with Gasteiger partial charge < -0.3 is 0 Å². The zero-order chi connectivity index (χ0) is 13.1. The summed E-state index contributed by atoms with van der Waals surface area (Å²) in [4.78, 5) is 12.4. The number of carbonyl (C=O) groups excluding carboxylic acids is 1. The number of carbonyl (C=O) groups is 1. The summed E-state index contributed by atoms with van der Waals surface area (Å²) in [7, 11) is 0. The number of rotatable bonds is 3. The Kier molecular flexibility index (Phi) is 3.88. The maximum Gasteiger partial charge on any atom is 0.150 e. The van der Waals surface area contributed by atoms with Crippen LogP contribution in [0.2, 0.25) is 0 Å². The van der Waals surface area contributed by atoms with E-state index in [4.69, 9.17) is 0 Å². The van der Waals surface area contributed by atoms with Crippen molar-refractivity contribution in [1.29, 1.82) is 0 Å². The number of thioether (sulfide) groups is 1. The molecule has 0 radical (unpaired) electrons. The van der Waals surface area contributed by atoms with Gasteiger partial charge in [-0.1, -0.05) is 48.9 Å². The van der Waals surface area contributed by atoms with Gasteiger partial charge in [-0.25, -0.2) is 0 Å². The second-order valence-electron chi connectivity index (χ2n) is 5.14. The van der Waals surface area contributed by atoms with Crippen molar-refractivity contribution in [3.8, 4) is 0 Å². The van der Waals surface area contributed by atoms with Gasteiger partial charge in [0.2, 0.25) is 0 Å². The van der Waals surface area contributed by atoms with E-state index in [0.717, 1.165) is 12.2 Å². The molecule has 1 fully saturated rings. The van der Waals surface area contributed by atoms with Crippen molar-refractivity contribution in [3.05, 3.63) is 48.0 Å². The van der Waals surface area contributed by atoms with Crippen molar-refractivity contribution in [2.24, 2.45) is 0 Å². The van der Waals surface area contributed by atoms with Gasteiger partial charge in [0.05, 0.1) is 5.25 Å². The molecule has 2 aromatic carbocycles. The minimum atomic E-state index is 0.229. The molecule has 3 rings (SSSR count). The van der Waals surface area contributed by atoms with Crippen LogP contribution in [0.5, 0.6) is 0 Å². The van der Waals surface area contributed by atoms with Gasteiger partial charge in [0.1, 0.15) is 5.78 Å². The lowest BCUT2D eigenvalue weighted by Gasteiger charge is -2.20. The van der Waals surface area contributed by atoms with Crippen LogP contribution in [-0.4, -0.2) is 16.8 Å². The Morgan fingerprint density at radius 1 is 1.11 bits per heavy atom. The molecule has 1 nitrogen and oxygen atoms in total. The Balaban J connectivity index is 1.82. The molecule has 2 aromatic rings. The van der Waals surface area contributed by atoms with Crippen molar-refractivity contribution in [1.82, 2.24) is 0 Å². The van der Waals surface area contributed by atoms with E-state index < -0.39 is 0 Å². The number of ketones is 1. The van der Waals surface area contributed by atoms with E-state index in [1.165, 1.54) is 29.2 Å². The predicted molar refractivity (Wildman–Crippen MR) is 82.8 cm³/mol. The van der Waals surface area contributed by atoms with Crippen LogP contribution >= 0.6 is 11.8 Å². The first kappa shape index (κ1) is 12.7. The Labute approximate surface area is 118 Å². The maximum atomic E-state index is 12.4. The minimum Gasteiger partial charge on any atom is -0.298 e. The molecule has 1 unspecified atom stereocenters. The first-order valence-electron chi connectivity index (χ1n) is 6.95. The van der Waals surface area contributed by atoms with Gasteiger partial charge in [0.15, 0.2) is 0 Å². The van der Waals surface area contributed by atoms with E-state index in [1.54, 1.807) is 0 Å². The Bertz CT molecular complexity index is 579. The lowest BCUT2D eigenvalue weighted by Crippen LogP contribution is -2.22. The molecule has 1 aliphatic rings. The zero-order valence-electron chi connectivity index (χ0n) is 11.0. The lowest BCUT2D eigenvalue weighted by atomic mass is 9.98. The first-order chi connectivity index (χ1) is 9.34. The number of benzene rings is 2. The molecule has 0 aromatic heterocycles. The van der Waals surface area contributed by atoms with E-state index in [2.05, 4.69) is 30.3 Å². The third kappa shape index (κ3) is 2.84. The van der Waals surface area contributed by atoms with Crippen LogP contribution in [0, 0.1) is 0 Å². The largest absolute Gasteiger partial charge is 0.298 e. The summed E-state index contributed by atoms with van der Waals surface area (Å²) in [6.45, 7) is 0. The van der Waals surface area contributed by atoms with E-state index in [9.17, 15) is 4.79 Å². The van der Waals surface area contributed by atoms with Crippen LogP contribution in [-0.2, 0) is 11.2 Å². The first-order valence-corrected chi connectivity index (χ1v) is 8.00. The maximum absolute atomic E-state index is 12.4. The molecule has 1 aliphatic heterocycles. The van der Waals surface area contributed by atoms with Gasteiger partial charge in [-0.15, -0.1) is 0 Å². The van der Waals surface area contributed by atoms with Crippen molar-refractivity contribution in [2.75, 3.05) is 5.75 Å². The van der Waals surface area contributed by atoms with Gasteiger partial charge in [-0.2, -0.15) is 11.8 Å². The fourth-order valence-electron chi connectivity index (χ4n) is 2.74. The van der Waals surface area contributed by atoms with Crippen molar-refractivity contribution >= 4 is 28.3 Å². The number of Topliss-reactive ketones (excluding diaryl/α,β-unsaturated/α-hetero) is 1. The van der Waals surface area contributed by atoms with E-state index in [0.29, 0.717) is 12.2 Å². The Morgan fingerprint density at radius 2 is 1.95 bits per heavy atom. The molecule has 0 aliphatic carbocycles. The fraction of sp³-hybridized carbons (Fsp3) is 0.353. The summed E-state index contributed by atoms with van der Waals surface area (Å²) in [5.41, 5.74) is 1.18. The molecule has 2 heteroatoms. The van der Waals surface area contributed by atoms with Gasteiger partial charge in [0.25, 0.3) is 0 Å². The number of hydrogen-bond acceptors (Lipinski definition) is 2. The topological polar surface area (TPSA) is 17.1 Å². The Hall–Kier alpha value is -1.28. The lowest BCUT2D eigenvalue weighted by molar-refractivity contribution is -0.118. The highest BCUT2D eigenvalue weighted by molar-refractivity contribution is 8.00. The van der Waals surface area contributed by atoms with Crippen molar-refractivity contribution < 1.29 is 4.79 Å². The molecule has 19 heavy (non-hydrogen) atoms. The van der Waals surface area contributed by atoms with Crippen LogP contribution < -0.4 is 0 Å². The van der Waals surface area contributed by atoms with Gasteiger partial charge in [-0.05, 0) is 34.9 Å². The predicted octanol–water partition coefficient (Wildman–Crippen LogP) is 4.24. The summed E-state index contributed by atoms with van der Waals surface area (Å²) in [6, 6.07) is 14.6. The average molecular weight is 270 g/mol. The third-order valence-corrected chi connectivity index (χ3v) is 5.21. The average Bonchev–Trinajstić information content (AvgIpc) is 2.48. The summed E-state index contributed by atoms with van der Waals surface area (Å²) < 4.78 is 0. The highest BCUT2D eigenvalue weighted by Gasteiger charge is 2.22. The summed E-state index contributed by atoms with van der Waals surface area (Å²) in [5, 5.41) is 2.68. The highest BCUT2D eigenvalue weighted by Crippen LogP contribution is 2.28. The number of hydrogen-bond donors (Lipinski definition) is 0. The van der Waals surface area contributed by atoms with Crippen molar-refractivity contribution in [2.45, 2.75) is 30.9 Å². The van der Waals surface area contributed by atoms with Gasteiger partial charge >= 0.3 is 0 Å². The second kappa shape index (κ2) is 5.79. The fourth-order valence-corrected chi connectivity index (χ4v) is 4.00. The van der Waals surface area contributed by atoms with Gasteiger partial charge in [-0.3, -0.25) is 4.79 Å². The molecule has 0 amide bonds. The number of fused-ring (bicyclic) bond motifs is 1.